The molecular formula is C9H13N3O4S. The summed E-state index contributed by atoms with van der Waals surface area (Å²) in [4.78, 5) is 24.4. The molecule has 1 unspecified atom stereocenters. The zero-order valence-corrected chi connectivity index (χ0v) is 10.1. The van der Waals surface area contributed by atoms with E-state index in [-0.39, 0.29) is 17.5 Å². The number of nitrogens with zero attached hydrogens (tertiary/aromatic N) is 2. The molecule has 0 fully saturated rings. The summed E-state index contributed by atoms with van der Waals surface area (Å²) in [6.07, 6.45) is 2.65. The molecule has 0 aliphatic heterocycles. The van der Waals surface area contributed by atoms with Gasteiger partial charge < -0.3 is 10.4 Å². The number of thiazole rings is 1. The maximum Gasteiger partial charge on any atom is 0.345 e. The van der Waals surface area contributed by atoms with E-state index < -0.39 is 10.9 Å². The van der Waals surface area contributed by atoms with Crippen molar-refractivity contribution >= 4 is 27.4 Å². The second-order valence-electron chi connectivity index (χ2n) is 3.49. The first-order chi connectivity index (χ1) is 8.02. The highest BCUT2D eigenvalue weighted by Gasteiger charge is 2.16. The average Bonchev–Trinajstić information content (AvgIpc) is 2.65. The normalized spacial score (nSPS) is 12.1. The monoisotopic (exact) mass is 259 g/mol. The van der Waals surface area contributed by atoms with E-state index >= 15 is 0 Å². The number of hydrogen-bond donors (Lipinski definition) is 2. The summed E-state index contributed by atoms with van der Waals surface area (Å²) in [7, 11) is 0. The van der Waals surface area contributed by atoms with Crippen LogP contribution in [0.15, 0.2) is 6.20 Å². The van der Waals surface area contributed by atoms with Crippen LogP contribution in [0.3, 0.4) is 0 Å². The van der Waals surface area contributed by atoms with Gasteiger partial charge in [0.15, 0.2) is 5.13 Å². The number of carboxylic acid groups (broad SMARTS) is 1. The lowest BCUT2D eigenvalue weighted by molar-refractivity contribution is -0.380. The van der Waals surface area contributed by atoms with Crippen LogP contribution in [0.1, 0.15) is 26.2 Å². The molecule has 1 heterocycles. The van der Waals surface area contributed by atoms with Crippen LogP contribution in [0.2, 0.25) is 0 Å². The van der Waals surface area contributed by atoms with Crippen molar-refractivity contribution in [1.82, 2.24) is 4.98 Å². The van der Waals surface area contributed by atoms with Crippen molar-refractivity contribution in [2.75, 3.05) is 5.32 Å². The molecule has 8 heteroatoms. The molecule has 1 aromatic rings. The van der Waals surface area contributed by atoms with E-state index in [1.807, 2.05) is 6.92 Å². The summed E-state index contributed by atoms with van der Waals surface area (Å²) >= 11 is 0.908. The van der Waals surface area contributed by atoms with Crippen LogP contribution in [0, 0.1) is 10.1 Å². The smallest absolute Gasteiger partial charge is 0.345 e. The Balaban J connectivity index is 2.64. The molecule has 1 atom stereocenters. The molecule has 0 aliphatic rings. The molecule has 0 radical (unpaired) electrons. The number of carbonyl (C=O) groups is 1. The highest BCUT2D eigenvalue weighted by molar-refractivity contribution is 7.18. The standard InChI is InChI=1S/C9H13N3O4S/c1-2-3-6(4-8(13)14)11-9-10-5-7(17-9)12(15)16/h5-6H,2-4H2,1H3,(H,10,11)(H,13,14). The summed E-state index contributed by atoms with van der Waals surface area (Å²) in [5, 5.41) is 22.4. The topological polar surface area (TPSA) is 105 Å². The molecule has 1 aromatic heterocycles. The van der Waals surface area contributed by atoms with Gasteiger partial charge in [0.25, 0.3) is 0 Å². The molecule has 0 saturated carbocycles. The number of carboxylic acids is 1. The number of anilines is 1. The van der Waals surface area contributed by atoms with Gasteiger partial charge in [-0.25, -0.2) is 4.98 Å². The van der Waals surface area contributed by atoms with Crippen molar-refractivity contribution in [2.45, 2.75) is 32.2 Å². The number of aliphatic carboxylic acids is 1. The fourth-order valence-electron chi connectivity index (χ4n) is 1.38. The van der Waals surface area contributed by atoms with E-state index in [0.717, 1.165) is 24.0 Å². The van der Waals surface area contributed by atoms with E-state index in [4.69, 9.17) is 5.11 Å². The average molecular weight is 259 g/mol. The van der Waals surface area contributed by atoms with Crippen LogP contribution in [0.5, 0.6) is 0 Å². The summed E-state index contributed by atoms with van der Waals surface area (Å²) < 4.78 is 0. The van der Waals surface area contributed by atoms with Crippen molar-refractivity contribution in [3.05, 3.63) is 16.3 Å². The third kappa shape index (κ3) is 4.35. The molecule has 17 heavy (non-hydrogen) atoms. The first kappa shape index (κ1) is 13.4. The van der Waals surface area contributed by atoms with Crippen LogP contribution in [0.4, 0.5) is 10.1 Å². The first-order valence-corrected chi connectivity index (χ1v) is 5.93. The second kappa shape index (κ2) is 6.14. The van der Waals surface area contributed by atoms with Gasteiger partial charge in [0.1, 0.15) is 6.20 Å². The van der Waals surface area contributed by atoms with Crippen molar-refractivity contribution in [3.63, 3.8) is 0 Å². The lowest BCUT2D eigenvalue weighted by atomic mass is 10.1. The van der Waals surface area contributed by atoms with Crippen LogP contribution in [-0.2, 0) is 4.79 Å². The summed E-state index contributed by atoms with van der Waals surface area (Å²) in [6.45, 7) is 1.95. The van der Waals surface area contributed by atoms with E-state index in [1.54, 1.807) is 0 Å². The van der Waals surface area contributed by atoms with Gasteiger partial charge in [0, 0.05) is 6.04 Å². The van der Waals surface area contributed by atoms with E-state index in [9.17, 15) is 14.9 Å². The van der Waals surface area contributed by atoms with E-state index in [1.165, 1.54) is 0 Å². The molecule has 0 amide bonds. The highest BCUT2D eigenvalue weighted by Crippen LogP contribution is 2.26. The molecule has 0 aliphatic carbocycles. The van der Waals surface area contributed by atoms with Crippen molar-refractivity contribution in [2.24, 2.45) is 0 Å². The largest absolute Gasteiger partial charge is 0.481 e. The van der Waals surface area contributed by atoms with Crippen molar-refractivity contribution in [3.8, 4) is 0 Å². The summed E-state index contributed by atoms with van der Waals surface area (Å²) in [6, 6.07) is -0.247. The minimum Gasteiger partial charge on any atom is -0.481 e. The van der Waals surface area contributed by atoms with Crippen LogP contribution in [-0.4, -0.2) is 27.0 Å². The fraction of sp³-hybridized carbons (Fsp3) is 0.556. The quantitative estimate of drug-likeness (QED) is 0.573. The van der Waals surface area contributed by atoms with Gasteiger partial charge in [0.2, 0.25) is 0 Å². The second-order valence-corrected chi connectivity index (χ2v) is 4.50. The third-order valence-electron chi connectivity index (χ3n) is 2.06. The molecule has 0 spiro atoms. The molecule has 0 bridgehead atoms. The van der Waals surface area contributed by atoms with Gasteiger partial charge in [0.05, 0.1) is 11.3 Å². The lowest BCUT2D eigenvalue weighted by Gasteiger charge is -2.14. The summed E-state index contributed by atoms with van der Waals surface area (Å²) in [5.41, 5.74) is 0. The van der Waals surface area contributed by atoms with Crippen LogP contribution >= 0.6 is 11.3 Å². The zero-order valence-electron chi connectivity index (χ0n) is 9.25. The van der Waals surface area contributed by atoms with Crippen molar-refractivity contribution < 1.29 is 14.8 Å². The number of nitrogens with one attached hydrogen (secondary N) is 1. The SMILES string of the molecule is CCCC(CC(=O)O)Nc1ncc([N+](=O)[O-])s1. The van der Waals surface area contributed by atoms with Crippen molar-refractivity contribution in [1.29, 1.82) is 0 Å². The number of aromatic nitrogens is 1. The molecule has 2 N–H and O–H groups in total. The molecule has 7 nitrogen and oxygen atoms in total. The highest BCUT2D eigenvalue weighted by atomic mass is 32.1. The van der Waals surface area contributed by atoms with Gasteiger partial charge in [-0.1, -0.05) is 13.3 Å². The molecule has 0 aromatic carbocycles. The minimum atomic E-state index is -0.901. The molecule has 0 saturated heterocycles. The molecule has 1 rings (SSSR count). The Labute approximate surface area is 102 Å². The van der Waals surface area contributed by atoms with E-state index in [0.29, 0.717) is 11.6 Å². The Morgan fingerprint density at radius 1 is 1.76 bits per heavy atom. The van der Waals surface area contributed by atoms with Gasteiger partial charge >= 0.3 is 11.0 Å². The number of rotatable bonds is 7. The number of hydrogen-bond acceptors (Lipinski definition) is 6. The van der Waals surface area contributed by atoms with Gasteiger partial charge in [-0.2, -0.15) is 0 Å². The first-order valence-electron chi connectivity index (χ1n) is 5.11. The zero-order chi connectivity index (χ0) is 12.8. The molecular weight excluding hydrogens is 246 g/mol. The van der Waals surface area contributed by atoms with Crippen LogP contribution in [0.25, 0.3) is 0 Å². The van der Waals surface area contributed by atoms with E-state index in [2.05, 4.69) is 10.3 Å². The molecule has 94 valence electrons. The Kier molecular flexibility index (Phi) is 4.83. The number of nitro groups is 1. The predicted octanol–water partition coefficient (Wildman–Crippen LogP) is 2.11. The Morgan fingerprint density at radius 2 is 2.47 bits per heavy atom. The Hall–Kier alpha value is -1.70. The van der Waals surface area contributed by atoms with Gasteiger partial charge in [-0.3, -0.25) is 14.9 Å². The maximum atomic E-state index is 10.6. The van der Waals surface area contributed by atoms with Gasteiger partial charge in [-0.15, -0.1) is 0 Å². The Bertz CT molecular complexity index is 407. The minimum absolute atomic E-state index is 0.0266. The predicted molar refractivity (Wildman–Crippen MR) is 63.3 cm³/mol. The third-order valence-corrected chi connectivity index (χ3v) is 2.94. The van der Waals surface area contributed by atoms with Gasteiger partial charge in [-0.05, 0) is 17.8 Å². The Morgan fingerprint density at radius 3 is 2.94 bits per heavy atom. The fourth-order valence-corrected chi connectivity index (χ4v) is 2.08. The summed E-state index contributed by atoms with van der Waals surface area (Å²) in [5.74, 6) is -0.901. The van der Waals surface area contributed by atoms with Crippen LogP contribution < -0.4 is 5.32 Å². The maximum absolute atomic E-state index is 10.6. The lowest BCUT2D eigenvalue weighted by Crippen LogP contribution is -2.22.